The lowest BCUT2D eigenvalue weighted by Gasteiger charge is -2.06. The fourth-order valence-electron chi connectivity index (χ4n) is 2.08. The highest BCUT2D eigenvalue weighted by Gasteiger charge is 2.57. The van der Waals surface area contributed by atoms with Gasteiger partial charge in [-0.25, -0.2) is 16.8 Å². The van der Waals surface area contributed by atoms with Gasteiger partial charge in [0.2, 0.25) is 0 Å². The fourth-order valence-corrected chi connectivity index (χ4v) is 12.2. The monoisotopic (exact) mass is 478 g/mol. The Morgan fingerprint density at radius 1 is 0.621 bits per heavy atom. The van der Waals surface area contributed by atoms with Crippen LogP contribution < -0.4 is 0 Å². The lowest BCUT2D eigenvalue weighted by molar-refractivity contribution is 0.00418. The van der Waals surface area contributed by atoms with E-state index in [1.54, 1.807) is 13.8 Å². The largest absolute Gasteiger partial charge is 0.525 e. The molecule has 0 saturated carbocycles. The first kappa shape index (κ1) is 22.9. The van der Waals surface area contributed by atoms with Gasteiger partial charge in [-0.15, -0.1) is 4.79 Å². The van der Waals surface area contributed by atoms with E-state index < -0.39 is 49.6 Å². The topological polar surface area (TPSA) is 173 Å². The van der Waals surface area contributed by atoms with Gasteiger partial charge in [-0.2, -0.15) is 16.8 Å². The molecule has 0 aliphatic rings. The van der Waals surface area contributed by atoms with Crippen LogP contribution in [0, 0.1) is 13.8 Å². The molecule has 0 heterocycles. The molecule has 2 aromatic carbocycles. The predicted octanol–water partition coefficient (Wildman–Crippen LogP) is 0.796. The van der Waals surface area contributed by atoms with Gasteiger partial charge in [0.15, 0.2) is 0 Å². The predicted molar refractivity (Wildman–Crippen MR) is 103 cm³/mol. The normalized spacial score (nSPS) is 12.9. The summed E-state index contributed by atoms with van der Waals surface area (Å²) >= 11 is 0. The van der Waals surface area contributed by atoms with E-state index in [1.165, 1.54) is 24.3 Å². The molecular weight excluding hydrogens is 464 g/mol. The van der Waals surface area contributed by atoms with Crippen molar-refractivity contribution in [3.05, 3.63) is 65.2 Å². The maximum atomic E-state index is 12.5. The molecule has 0 saturated heterocycles. The van der Waals surface area contributed by atoms with Gasteiger partial charge in [-0.05, 0) is 38.1 Å². The van der Waals surface area contributed by atoms with E-state index >= 15 is 0 Å². The van der Waals surface area contributed by atoms with Crippen molar-refractivity contribution < 1.29 is 38.5 Å². The first-order valence-electron chi connectivity index (χ1n) is 7.55. The van der Waals surface area contributed by atoms with Crippen molar-refractivity contribution in [2.75, 3.05) is 0 Å². The molecule has 2 aromatic rings. The minimum absolute atomic E-state index is 0.576. The molecule has 0 radical (unpaired) electrons. The zero-order valence-corrected chi connectivity index (χ0v) is 18.2. The second-order valence-electron chi connectivity index (χ2n) is 5.81. The Morgan fingerprint density at radius 3 is 1.14 bits per heavy atom. The van der Waals surface area contributed by atoms with E-state index in [4.69, 9.17) is 5.53 Å². The lowest BCUT2D eigenvalue weighted by Crippen LogP contribution is -2.35. The minimum Gasteiger partial charge on any atom is -0.359 e. The highest BCUT2D eigenvalue weighted by atomic mass is 33.2. The zero-order chi connectivity index (χ0) is 22.3. The van der Waals surface area contributed by atoms with Gasteiger partial charge in [0.25, 0.3) is 17.7 Å². The maximum Gasteiger partial charge on any atom is 0.525 e. The molecule has 0 amide bonds. The summed E-state index contributed by atoms with van der Waals surface area (Å²) < 4.78 is 97.6. The molecule has 2 rings (SSSR count). The van der Waals surface area contributed by atoms with E-state index in [1.807, 2.05) is 4.79 Å². The molecular formula is C15H14N2O8S4. The fraction of sp³-hybridized carbons (Fsp3) is 0.133. The van der Waals surface area contributed by atoms with Crippen molar-refractivity contribution in [1.29, 1.82) is 0 Å². The minimum atomic E-state index is -5.97. The molecule has 0 aromatic heterocycles. The van der Waals surface area contributed by atoms with Gasteiger partial charge < -0.3 is 5.53 Å². The first-order chi connectivity index (χ1) is 13.2. The summed E-state index contributed by atoms with van der Waals surface area (Å²) in [5.74, 6) is 0. The molecule has 0 unspecified atom stereocenters. The standard InChI is InChI=1S/C15H14N2O8S4/c1-11-3-7-13(8-4-11)26(18,19)28(22,23)15(17-16)29(24,25)27(20,21)14-9-5-12(2)6-10-14/h3-10H,1-2H3. The van der Waals surface area contributed by atoms with Crippen LogP contribution in [0.2, 0.25) is 0 Å². The highest BCUT2D eigenvalue weighted by molar-refractivity contribution is 8.86. The molecule has 0 N–H and O–H groups in total. The second-order valence-corrected chi connectivity index (χ2v) is 16.7. The summed E-state index contributed by atoms with van der Waals surface area (Å²) in [6, 6.07) is 8.53. The number of aryl methyl sites for hydroxylation is 2. The van der Waals surface area contributed by atoms with Crippen molar-refractivity contribution >= 4 is 39.9 Å². The van der Waals surface area contributed by atoms with Crippen LogP contribution in [0.15, 0.2) is 58.3 Å². The summed E-state index contributed by atoms with van der Waals surface area (Å²) in [5.41, 5.74) is 10.2. The molecule has 0 bridgehead atoms. The highest BCUT2D eigenvalue weighted by Crippen LogP contribution is 2.26. The van der Waals surface area contributed by atoms with Gasteiger partial charge in [0, 0.05) is 0 Å². The van der Waals surface area contributed by atoms with Crippen molar-refractivity contribution in [3.8, 4) is 0 Å². The van der Waals surface area contributed by atoms with Crippen LogP contribution in [0.3, 0.4) is 0 Å². The van der Waals surface area contributed by atoms with Crippen LogP contribution in [0.1, 0.15) is 11.1 Å². The smallest absolute Gasteiger partial charge is 0.359 e. The molecule has 156 valence electrons. The van der Waals surface area contributed by atoms with Crippen LogP contribution in [0.25, 0.3) is 5.53 Å². The molecule has 0 atom stereocenters. The number of hydrogen-bond donors (Lipinski definition) is 0. The Hall–Kier alpha value is -2.38. The van der Waals surface area contributed by atoms with Crippen molar-refractivity contribution in [2.24, 2.45) is 0 Å². The Kier molecular flexibility index (Phi) is 5.89. The zero-order valence-electron chi connectivity index (χ0n) is 14.9. The van der Waals surface area contributed by atoms with Crippen molar-refractivity contribution in [3.63, 3.8) is 0 Å². The molecule has 29 heavy (non-hydrogen) atoms. The SMILES string of the molecule is Cc1ccc(S(=O)(=O)S(=O)(=O)C(=[N+]=[N-])S(=O)(=O)S(=O)(=O)c2ccc(C)cc2)cc1. The van der Waals surface area contributed by atoms with E-state index in [0.717, 1.165) is 24.3 Å². The van der Waals surface area contributed by atoms with E-state index in [-0.39, 0.29) is 0 Å². The average molecular weight is 479 g/mol. The van der Waals surface area contributed by atoms with E-state index in [0.29, 0.717) is 11.1 Å². The third-order valence-corrected chi connectivity index (χ3v) is 15.1. The Morgan fingerprint density at radius 2 is 0.897 bits per heavy atom. The van der Waals surface area contributed by atoms with Gasteiger partial charge in [0.05, 0.1) is 9.79 Å². The summed E-state index contributed by atoms with van der Waals surface area (Å²) in [6.45, 7) is 3.17. The third kappa shape index (κ3) is 3.76. The Labute approximate surface area is 166 Å². The Bertz CT molecular complexity index is 1320. The van der Waals surface area contributed by atoms with Crippen LogP contribution in [0.4, 0.5) is 0 Å². The number of benzene rings is 2. The second kappa shape index (κ2) is 7.46. The number of hydrogen-bond acceptors (Lipinski definition) is 8. The van der Waals surface area contributed by atoms with Gasteiger partial charge in [-0.1, -0.05) is 35.4 Å². The maximum absolute atomic E-state index is 12.5. The molecule has 10 nitrogen and oxygen atoms in total. The number of nitrogens with zero attached hydrogens (tertiary/aromatic N) is 2. The van der Waals surface area contributed by atoms with E-state index in [2.05, 4.69) is 0 Å². The van der Waals surface area contributed by atoms with Crippen LogP contribution in [0.5, 0.6) is 0 Å². The number of rotatable bonds is 4. The lowest BCUT2D eigenvalue weighted by atomic mass is 10.2. The van der Waals surface area contributed by atoms with Gasteiger partial charge in [0.1, 0.15) is 0 Å². The van der Waals surface area contributed by atoms with E-state index in [9.17, 15) is 33.7 Å². The van der Waals surface area contributed by atoms with Crippen molar-refractivity contribution in [2.45, 2.75) is 23.6 Å². The summed E-state index contributed by atoms with van der Waals surface area (Å²) in [5, 5.41) is 0. The summed E-state index contributed by atoms with van der Waals surface area (Å²) in [6.07, 6.45) is 0. The first-order valence-corrected chi connectivity index (χ1v) is 14.5. The van der Waals surface area contributed by atoms with Gasteiger partial charge >= 0.3 is 22.1 Å². The molecule has 0 aliphatic heterocycles. The van der Waals surface area contributed by atoms with Crippen LogP contribution >= 0.6 is 0 Å². The third-order valence-electron chi connectivity index (χ3n) is 3.71. The Balaban J connectivity index is 2.72. The van der Waals surface area contributed by atoms with Crippen LogP contribution in [-0.2, 0) is 35.5 Å². The summed E-state index contributed by atoms with van der Waals surface area (Å²) in [4.78, 5) is 0.379. The molecule has 0 spiro atoms. The molecule has 14 heteroatoms. The van der Waals surface area contributed by atoms with Crippen LogP contribution in [-0.4, -0.2) is 42.8 Å². The molecule has 0 aliphatic carbocycles. The quantitative estimate of drug-likeness (QED) is 0.204. The summed E-state index contributed by atoms with van der Waals surface area (Å²) in [7, 11) is -22.9. The average Bonchev–Trinajstić information content (AvgIpc) is 2.62. The van der Waals surface area contributed by atoms with Crippen molar-refractivity contribution in [1.82, 2.24) is 0 Å². The molecule has 0 fully saturated rings. The van der Waals surface area contributed by atoms with Gasteiger partial charge in [-0.3, -0.25) is 0 Å².